The van der Waals surface area contributed by atoms with Gasteiger partial charge in [0.15, 0.2) is 0 Å². The molecule has 9 heteroatoms. The lowest BCUT2D eigenvalue weighted by Gasteiger charge is -2.33. The second kappa shape index (κ2) is 8.03. The maximum atomic E-state index is 12.9. The summed E-state index contributed by atoms with van der Waals surface area (Å²) in [6, 6.07) is 7.58. The summed E-state index contributed by atoms with van der Waals surface area (Å²) in [6.07, 6.45) is 2.65. The molecule has 2 heterocycles. The first-order chi connectivity index (χ1) is 13.4. The number of hydrogen-bond donors (Lipinski definition) is 1. The number of nitrogens with two attached hydrogens (primary N) is 1. The van der Waals surface area contributed by atoms with Crippen molar-refractivity contribution in [2.24, 2.45) is 5.73 Å². The van der Waals surface area contributed by atoms with E-state index in [4.69, 9.17) is 10.5 Å². The van der Waals surface area contributed by atoms with Crippen molar-refractivity contribution in [1.82, 2.24) is 9.88 Å². The van der Waals surface area contributed by atoms with E-state index in [1.807, 2.05) is 0 Å². The summed E-state index contributed by atoms with van der Waals surface area (Å²) in [4.78, 5) is 40.3. The zero-order valence-corrected chi connectivity index (χ0v) is 15.3. The highest BCUT2D eigenvalue weighted by molar-refractivity contribution is 5.96. The Balaban J connectivity index is 1.74. The average Bonchev–Trinajstić information content (AvgIpc) is 2.68. The van der Waals surface area contributed by atoms with Crippen molar-refractivity contribution in [3.8, 4) is 5.75 Å². The fourth-order valence-electron chi connectivity index (χ4n) is 3.25. The number of primary amides is 1. The normalized spacial score (nSPS) is 16.5. The van der Waals surface area contributed by atoms with Gasteiger partial charge in [-0.25, -0.2) is 0 Å². The van der Waals surface area contributed by atoms with Gasteiger partial charge in [0, 0.05) is 36.0 Å². The molecule has 146 valence electrons. The fraction of sp³-hybridized carbons (Fsp3) is 0.316. The van der Waals surface area contributed by atoms with Crippen molar-refractivity contribution in [2.75, 3.05) is 13.1 Å². The van der Waals surface area contributed by atoms with Crippen LogP contribution in [0, 0.1) is 17.0 Å². The largest absolute Gasteiger partial charge is 0.488 e. The van der Waals surface area contributed by atoms with Crippen molar-refractivity contribution in [3.05, 3.63) is 63.5 Å². The molecule has 0 aliphatic carbocycles. The number of nitro groups is 1. The molecule has 28 heavy (non-hydrogen) atoms. The summed E-state index contributed by atoms with van der Waals surface area (Å²) < 4.78 is 5.90. The Morgan fingerprint density at radius 1 is 1.36 bits per heavy atom. The number of nitro benzene ring substituents is 1. The number of ether oxygens (including phenoxy) is 1. The standard InChI is InChI=1S/C19H20N4O5/c1-12-15(5-2-6-17(12)23(26)27)19(25)22-9-3-4-14(11-22)28-13-7-8-21-16(10-13)18(20)24/h2,5-8,10,14H,3-4,9,11H2,1H3,(H2,20,24). The highest BCUT2D eigenvalue weighted by Crippen LogP contribution is 2.25. The Labute approximate surface area is 161 Å². The third kappa shape index (κ3) is 4.08. The first kappa shape index (κ1) is 19.3. The van der Waals surface area contributed by atoms with Crippen molar-refractivity contribution in [3.63, 3.8) is 0 Å². The minimum atomic E-state index is -0.646. The topological polar surface area (TPSA) is 129 Å². The van der Waals surface area contributed by atoms with Crippen LogP contribution in [0.2, 0.25) is 0 Å². The van der Waals surface area contributed by atoms with Crippen LogP contribution < -0.4 is 10.5 Å². The Morgan fingerprint density at radius 2 is 2.14 bits per heavy atom. The Kier molecular flexibility index (Phi) is 5.53. The lowest BCUT2D eigenvalue weighted by atomic mass is 10.0. The van der Waals surface area contributed by atoms with Crippen LogP contribution in [0.4, 0.5) is 5.69 Å². The summed E-state index contributed by atoms with van der Waals surface area (Å²) >= 11 is 0. The number of aromatic nitrogens is 1. The van der Waals surface area contributed by atoms with E-state index in [-0.39, 0.29) is 23.4 Å². The molecule has 9 nitrogen and oxygen atoms in total. The second-order valence-electron chi connectivity index (χ2n) is 6.58. The minimum absolute atomic E-state index is 0.0774. The van der Waals surface area contributed by atoms with Crippen molar-refractivity contribution >= 4 is 17.5 Å². The number of benzene rings is 1. The van der Waals surface area contributed by atoms with Gasteiger partial charge in [-0.2, -0.15) is 0 Å². The van der Waals surface area contributed by atoms with E-state index in [1.165, 1.54) is 24.4 Å². The molecule has 0 radical (unpaired) electrons. The summed E-state index contributed by atoms with van der Waals surface area (Å²) in [5, 5.41) is 11.1. The summed E-state index contributed by atoms with van der Waals surface area (Å²) in [7, 11) is 0. The number of carbonyl (C=O) groups excluding carboxylic acids is 2. The molecular weight excluding hydrogens is 364 g/mol. The molecule has 1 aliphatic heterocycles. The molecule has 0 saturated carbocycles. The third-order valence-corrected chi connectivity index (χ3v) is 4.68. The summed E-state index contributed by atoms with van der Waals surface area (Å²) in [5.74, 6) is -0.455. The highest BCUT2D eigenvalue weighted by Gasteiger charge is 2.28. The molecule has 1 saturated heterocycles. The molecule has 1 fully saturated rings. The highest BCUT2D eigenvalue weighted by atomic mass is 16.6. The van der Waals surface area contributed by atoms with E-state index in [0.29, 0.717) is 30.0 Å². The predicted molar refractivity (Wildman–Crippen MR) is 100 cm³/mol. The van der Waals surface area contributed by atoms with Crippen molar-refractivity contribution in [1.29, 1.82) is 0 Å². The molecule has 2 aromatic rings. The van der Waals surface area contributed by atoms with Crippen LogP contribution in [-0.2, 0) is 0 Å². The molecule has 0 bridgehead atoms. The maximum Gasteiger partial charge on any atom is 0.273 e. The van der Waals surface area contributed by atoms with Gasteiger partial charge in [-0.3, -0.25) is 24.7 Å². The number of piperidine rings is 1. The lowest BCUT2D eigenvalue weighted by molar-refractivity contribution is -0.385. The van der Waals surface area contributed by atoms with Gasteiger partial charge in [-0.05, 0) is 31.9 Å². The van der Waals surface area contributed by atoms with Crippen LogP contribution in [0.5, 0.6) is 5.75 Å². The smallest absolute Gasteiger partial charge is 0.273 e. The van der Waals surface area contributed by atoms with Gasteiger partial charge in [0.05, 0.1) is 11.5 Å². The van der Waals surface area contributed by atoms with Gasteiger partial charge >= 0.3 is 0 Å². The fourth-order valence-corrected chi connectivity index (χ4v) is 3.25. The van der Waals surface area contributed by atoms with Crippen molar-refractivity contribution in [2.45, 2.75) is 25.9 Å². The number of pyridine rings is 1. The molecule has 1 aromatic heterocycles. The van der Waals surface area contributed by atoms with Gasteiger partial charge in [-0.15, -0.1) is 0 Å². The molecular formula is C19H20N4O5. The maximum absolute atomic E-state index is 12.9. The van der Waals surface area contributed by atoms with E-state index in [0.717, 1.165) is 12.8 Å². The second-order valence-corrected chi connectivity index (χ2v) is 6.58. The quantitative estimate of drug-likeness (QED) is 0.621. The lowest BCUT2D eigenvalue weighted by Crippen LogP contribution is -2.44. The van der Waals surface area contributed by atoms with Gasteiger partial charge in [0.25, 0.3) is 17.5 Å². The van der Waals surface area contributed by atoms with Crippen LogP contribution in [0.1, 0.15) is 39.3 Å². The first-order valence-electron chi connectivity index (χ1n) is 8.82. The van der Waals surface area contributed by atoms with Gasteiger partial charge in [-0.1, -0.05) is 6.07 Å². The average molecular weight is 384 g/mol. The summed E-state index contributed by atoms with van der Waals surface area (Å²) in [5.41, 5.74) is 5.92. The first-order valence-corrected chi connectivity index (χ1v) is 8.82. The Morgan fingerprint density at radius 3 is 2.86 bits per heavy atom. The number of nitrogens with zero attached hydrogens (tertiary/aromatic N) is 3. The minimum Gasteiger partial charge on any atom is -0.488 e. The molecule has 1 aliphatic rings. The number of hydrogen-bond acceptors (Lipinski definition) is 6. The Hall–Kier alpha value is -3.49. The van der Waals surface area contributed by atoms with E-state index >= 15 is 0 Å². The van der Waals surface area contributed by atoms with E-state index in [2.05, 4.69) is 4.98 Å². The molecule has 2 N–H and O–H groups in total. The van der Waals surface area contributed by atoms with Crippen LogP contribution in [0.3, 0.4) is 0 Å². The molecule has 1 aromatic carbocycles. The Bertz CT molecular complexity index is 930. The number of rotatable bonds is 5. The summed E-state index contributed by atoms with van der Waals surface area (Å²) in [6.45, 7) is 2.46. The SMILES string of the molecule is Cc1c(C(=O)N2CCCC(Oc3ccnc(C(N)=O)c3)C2)cccc1[N+](=O)[O-]. The molecule has 1 atom stereocenters. The molecule has 3 rings (SSSR count). The monoisotopic (exact) mass is 384 g/mol. The molecule has 0 spiro atoms. The van der Waals surface area contributed by atoms with E-state index in [1.54, 1.807) is 24.0 Å². The van der Waals surface area contributed by atoms with Crippen LogP contribution in [-0.4, -0.2) is 45.8 Å². The molecule has 1 unspecified atom stereocenters. The third-order valence-electron chi connectivity index (χ3n) is 4.68. The van der Waals surface area contributed by atoms with Crippen LogP contribution >= 0.6 is 0 Å². The number of carbonyl (C=O) groups is 2. The predicted octanol–water partition coefficient (Wildman–Crippen LogP) is 2.08. The zero-order chi connectivity index (χ0) is 20.3. The van der Waals surface area contributed by atoms with Gasteiger partial charge < -0.3 is 15.4 Å². The van der Waals surface area contributed by atoms with Gasteiger partial charge in [0.2, 0.25) is 0 Å². The van der Waals surface area contributed by atoms with Gasteiger partial charge in [0.1, 0.15) is 17.5 Å². The zero-order valence-electron chi connectivity index (χ0n) is 15.3. The molecule has 2 amide bonds. The number of amides is 2. The van der Waals surface area contributed by atoms with E-state index in [9.17, 15) is 19.7 Å². The van der Waals surface area contributed by atoms with Crippen LogP contribution in [0.25, 0.3) is 0 Å². The van der Waals surface area contributed by atoms with E-state index < -0.39 is 10.8 Å². The van der Waals surface area contributed by atoms with Crippen LogP contribution in [0.15, 0.2) is 36.5 Å². The van der Waals surface area contributed by atoms with Crippen molar-refractivity contribution < 1.29 is 19.2 Å². The number of likely N-dealkylation sites (tertiary alicyclic amines) is 1.